The van der Waals surface area contributed by atoms with E-state index >= 15 is 0 Å². The second-order valence-electron chi connectivity index (χ2n) is 8.70. The Balaban J connectivity index is 1.56. The van der Waals surface area contributed by atoms with Gasteiger partial charge < -0.3 is 4.74 Å². The monoisotopic (exact) mass is 492 g/mol. The number of benzene rings is 2. The maximum Gasteiger partial charge on any atom is 0.439 e. The summed E-state index contributed by atoms with van der Waals surface area (Å²) in [5.41, 5.74) is 3.16. The fourth-order valence-corrected chi connectivity index (χ4v) is 4.56. The SMILES string of the molecule is CCC1CCC(c2ccc(CCc3ccc(OC(F)(F)C(F)C(F)(F)F)c(Cl)c3)cc2)CC1. The minimum absolute atomic E-state index is 0.306. The van der Waals surface area contributed by atoms with Crippen molar-refractivity contribution in [2.24, 2.45) is 5.92 Å². The highest BCUT2D eigenvalue weighted by atomic mass is 35.5. The van der Waals surface area contributed by atoms with Gasteiger partial charge in [-0.1, -0.05) is 55.3 Å². The van der Waals surface area contributed by atoms with Crippen LogP contribution in [-0.2, 0) is 12.8 Å². The lowest BCUT2D eigenvalue weighted by atomic mass is 9.78. The maximum atomic E-state index is 13.5. The Morgan fingerprint density at radius 3 is 2.03 bits per heavy atom. The van der Waals surface area contributed by atoms with Crippen molar-refractivity contribution in [1.82, 2.24) is 0 Å². The van der Waals surface area contributed by atoms with Crippen LogP contribution < -0.4 is 4.74 Å². The normalized spacial score (nSPS) is 20.5. The van der Waals surface area contributed by atoms with Gasteiger partial charge in [-0.05, 0) is 79.2 Å². The van der Waals surface area contributed by atoms with E-state index in [9.17, 15) is 26.3 Å². The van der Waals surface area contributed by atoms with Gasteiger partial charge in [-0.15, -0.1) is 0 Å². The van der Waals surface area contributed by atoms with Crippen LogP contribution in [0.25, 0.3) is 0 Å². The van der Waals surface area contributed by atoms with Crippen molar-refractivity contribution in [2.45, 2.75) is 76.2 Å². The topological polar surface area (TPSA) is 9.23 Å². The molecule has 0 aromatic heterocycles. The van der Waals surface area contributed by atoms with E-state index in [4.69, 9.17) is 11.6 Å². The maximum absolute atomic E-state index is 13.5. The van der Waals surface area contributed by atoms with E-state index < -0.39 is 24.2 Å². The standard InChI is InChI=1S/C25H27ClF6O/c1-2-16-5-10-19(11-6-16)20-12-7-17(8-13-20)3-4-18-9-14-22(21(26)15-18)33-25(31,32)23(27)24(28,29)30/h7-9,12-16,19,23H,2-6,10-11H2,1H3. The number of hydrogen-bond acceptors (Lipinski definition) is 1. The molecular formula is C25H27ClF6O. The van der Waals surface area contributed by atoms with E-state index in [1.807, 2.05) is 0 Å². The van der Waals surface area contributed by atoms with Crippen LogP contribution >= 0.6 is 11.6 Å². The number of aryl methyl sites for hydroxylation is 2. The first-order chi connectivity index (χ1) is 15.5. The zero-order valence-corrected chi connectivity index (χ0v) is 19.0. The molecule has 0 N–H and O–H groups in total. The van der Waals surface area contributed by atoms with Crippen molar-refractivity contribution in [3.63, 3.8) is 0 Å². The summed E-state index contributed by atoms with van der Waals surface area (Å²) in [7, 11) is 0. The van der Waals surface area contributed by atoms with Crippen LogP contribution in [0.5, 0.6) is 5.75 Å². The summed E-state index contributed by atoms with van der Waals surface area (Å²) in [4.78, 5) is 0. The molecule has 3 rings (SSSR count). The van der Waals surface area contributed by atoms with Crippen molar-refractivity contribution in [3.8, 4) is 5.75 Å². The average Bonchev–Trinajstić information content (AvgIpc) is 2.78. The summed E-state index contributed by atoms with van der Waals surface area (Å²) < 4.78 is 80.7. The number of hydrogen-bond donors (Lipinski definition) is 0. The Morgan fingerprint density at radius 1 is 0.909 bits per heavy atom. The van der Waals surface area contributed by atoms with Gasteiger partial charge in [0.05, 0.1) is 5.02 Å². The van der Waals surface area contributed by atoms with E-state index in [0.29, 0.717) is 24.3 Å². The first kappa shape index (κ1) is 25.7. The van der Waals surface area contributed by atoms with Crippen molar-refractivity contribution in [1.29, 1.82) is 0 Å². The minimum atomic E-state index is -5.75. The molecule has 2 aromatic carbocycles. The zero-order valence-electron chi connectivity index (χ0n) is 18.3. The second kappa shape index (κ2) is 10.6. The van der Waals surface area contributed by atoms with Gasteiger partial charge in [0.15, 0.2) is 0 Å². The Bertz CT molecular complexity index is 904. The predicted molar refractivity (Wildman–Crippen MR) is 117 cm³/mol. The van der Waals surface area contributed by atoms with Crippen LogP contribution in [0.15, 0.2) is 42.5 Å². The van der Waals surface area contributed by atoms with Crippen molar-refractivity contribution < 1.29 is 31.1 Å². The molecule has 1 aliphatic carbocycles. The molecule has 1 aliphatic rings. The first-order valence-electron chi connectivity index (χ1n) is 11.1. The van der Waals surface area contributed by atoms with Gasteiger partial charge in [-0.2, -0.15) is 22.0 Å². The number of ether oxygens (including phenoxy) is 1. The van der Waals surface area contributed by atoms with Crippen LogP contribution in [0, 0.1) is 5.92 Å². The van der Waals surface area contributed by atoms with Crippen LogP contribution in [0.2, 0.25) is 5.02 Å². The van der Waals surface area contributed by atoms with Crippen LogP contribution in [0.4, 0.5) is 26.3 Å². The van der Waals surface area contributed by atoms with Crippen LogP contribution in [-0.4, -0.2) is 18.5 Å². The molecule has 1 atom stereocenters. The number of alkyl halides is 6. The lowest BCUT2D eigenvalue weighted by Crippen LogP contribution is -2.45. The van der Waals surface area contributed by atoms with E-state index in [0.717, 1.165) is 17.5 Å². The molecule has 0 bridgehead atoms. The van der Waals surface area contributed by atoms with Crippen LogP contribution in [0.1, 0.15) is 61.6 Å². The van der Waals surface area contributed by atoms with Crippen molar-refractivity contribution >= 4 is 11.6 Å². The van der Waals surface area contributed by atoms with Gasteiger partial charge in [0.2, 0.25) is 0 Å². The van der Waals surface area contributed by atoms with Crippen molar-refractivity contribution in [3.05, 3.63) is 64.2 Å². The van der Waals surface area contributed by atoms with E-state index in [1.165, 1.54) is 49.8 Å². The summed E-state index contributed by atoms with van der Waals surface area (Å²) in [5, 5.41) is -0.306. The molecule has 1 fully saturated rings. The third-order valence-electron chi connectivity index (χ3n) is 6.40. The predicted octanol–water partition coefficient (Wildman–Crippen LogP) is 8.68. The van der Waals surface area contributed by atoms with Gasteiger partial charge in [0.25, 0.3) is 6.17 Å². The van der Waals surface area contributed by atoms with Gasteiger partial charge >= 0.3 is 12.3 Å². The summed E-state index contributed by atoms with van der Waals surface area (Å²) in [6, 6.07) is 12.3. The Hall–Kier alpha value is -1.89. The molecule has 0 saturated heterocycles. The van der Waals surface area contributed by atoms with Gasteiger partial charge in [0.1, 0.15) is 5.75 Å². The lowest BCUT2D eigenvalue weighted by molar-refractivity contribution is -0.304. The van der Waals surface area contributed by atoms with Gasteiger partial charge in [0, 0.05) is 0 Å². The minimum Gasteiger partial charge on any atom is -0.429 e. The molecule has 33 heavy (non-hydrogen) atoms. The molecule has 0 aliphatic heterocycles. The Labute approximate surface area is 195 Å². The van der Waals surface area contributed by atoms with E-state index in [1.54, 1.807) is 0 Å². The highest BCUT2D eigenvalue weighted by Gasteiger charge is 2.59. The third kappa shape index (κ3) is 6.81. The molecular weight excluding hydrogens is 466 g/mol. The fraction of sp³-hybridized carbons (Fsp3) is 0.520. The molecule has 0 spiro atoms. The highest BCUT2D eigenvalue weighted by Crippen LogP contribution is 2.39. The first-order valence-corrected chi connectivity index (χ1v) is 11.5. The summed E-state index contributed by atoms with van der Waals surface area (Å²) in [6.07, 6.45) is -7.83. The molecule has 8 heteroatoms. The van der Waals surface area contributed by atoms with Crippen LogP contribution in [0.3, 0.4) is 0 Å². The van der Waals surface area contributed by atoms with Gasteiger partial charge in [-0.25, -0.2) is 4.39 Å². The summed E-state index contributed by atoms with van der Waals surface area (Å²) in [6.45, 7) is 2.25. The number of halogens is 7. The van der Waals surface area contributed by atoms with E-state index in [-0.39, 0.29) is 5.02 Å². The molecule has 0 heterocycles. The molecule has 2 aromatic rings. The third-order valence-corrected chi connectivity index (χ3v) is 6.70. The Morgan fingerprint density at radius 2 is 1.48 bits per heavy atom. The fourth-order valence-electron chi connectivity index (χ4n) is 4.32. The summed E-state index contributed by atoms with van der Waals surface area (Å²) in [5.74, 6) is 0.741. The largest absolute Gasteiger partial charge is 0.439 e. The second-order valence-corrected chi connectivity index (χ2v) is 9.11. The van der Waals surface area contributed by atoms with Gasteiger partial charge in [-0.3, -0.25) is 0 Å². The Kier molecular flexibility index (Phi) is 8.25. The summed E-state index contributed by atoms with van der Waals surface area (Å²) >= 11 is 5.90. The highest BCUT2D eigenvalue weighted by molar-refractivity contribution is 6.32. The molecule has 1 nitrogen and oxygen atoms in total. The number of rotatable bonds is 8. The zero-order chi connectivity index (χ0) is 24.2. The molecule has 1 saturated carbocycles. The quantitative estimate of drug-likeness (QED) is 0.335. The molecule has 1 unspecified atom stereocenters. The molecule has 0 radical (unpaired) electrons. The molecule has 182 valence electrons. The smallest absolute Gasteiger partial charge is 0.429 e. The lowest BCUT2D eigenvalue weighted by Gasteiger charge is -2.28. The van der Waals surface area contributed by atoms with E-state index in [2.05, 4.69) is 35.9 Å². The molecule has 0 amide bonds. The van der Waals surface area contributed by atoms with Crippen molar-refractivity contribution in [2.75, 3.05) is 0 Å². The average molecular weight is 493 g/mol.